The van der Waals surface area contributed by atoms with Gasteiger partial charge in [-0.25, -0.2) is 4.79 Å². The molecular formula is C29H40N2O6. The third kappa shape index (κ3) is 8.76. The van der Waals surface area contributed by atoms with Crippen LogP contribution in [0.1, 0.15) is 75.9 Å². The third-order valence-corrected chi connectivity index (χ3v) is 6.03. The number of carbonyl (C=O) groups excluding carboxylic acids is 2. The zero-order valence-electron chi connectivity index (χ0n) is 22.7. The van der Waals surface area contributed by atoms with Crippen molar-refractivity contribution in [3.63, 3.8) is 0 Å². The van der Waals surface area contributed by atoms with Gasteiger partial charge < -0.3 is 24.7 Å². The molecule has 0 bridgehead atoms. The fourth-order valence-corrected chi connectivity index (χ4v) is 4.20. The summed E-state index contributed by atoms with van der Waals surface area (Å²) in [5.74, 6) is -0.137. The number of ether oxygens (including phenoxy) is 2. The van der Waals surface area contributed by atoms with E-state index in [1.807, 2.05) is 51.1 Å². The topological polar surface area (TPSA) is 97.3 Å². The number of phenolic OH excluding ortho intramolecular Hbond substituents is 1. The summed E-state index contributed by atoms with van der Waals surface area (Å²) in [5, 5.41) is 14.9. The zero-order valence-corrected chi connectivity index (χ0v) is 22.7. The first-order valence-corrected chi connectivity index (χ1v) is 12.8. The molecule has 2 aromatic carbocycles. The fraction of sp³-hybridized carbons (Fsp3) is 0.517. The van der Waals surface area contributed by atoms with Gasteiger partial charge in [-0.05, 0) is 62.8 Å². The van der Waals surface area contributed by atoms with Crippen LogP contribution in [0.5, 0.6) is 5.75 Å². The normalized spacial score (nSPS) is 19.1. The van der Waals surface area contributed by atoms with E-state index in [2.05, 4.69) is 5.32 Å². The first-order valence-electron chi connectivity index (χ1n) is 12.8. The number of hydrogen-bond acceptors (Lipinski definition) is 7. The number of nitrogens with zero attached hydrogens (tertiary/aromatic N) is 1. The summed E-state index contributed by atoms with van der Waals surface area (Å²) in [4.78, 5) is 31.2. The van der Waals surface area contributed by atoms with Gasteiger partial charge in [0.15, 0.2) is 0 Å². The highest BCUT2D eigenvalue weighted by atomic mass is 16.8. The first kappa shape index (κ1) is 28.5. The molecule has 1 aliphatic rings. The van der Waals surface area contributed by atoms with Crippen LogP contribution in [0.4, 0.5) is 4.79 Å². The molecule has 0 unspecified atom stereocenters. The molecule has 1 saturated heterocycles. The van der Waals surface area contributed by atoms with Gasteiger partial charge >= 0.3 is 6.16 Å². The van der Waals surface area contributed by atoms with E-state index in [0.29, 0.717) is 37.1 Å². The Balaban J connectivity index is 1.78. The molecule has 37 heavy (non-hydrogen) atoms. The van der Waals surface area contributed by atoms with Crippen molar-refractivity contribution in [1.82, 2.24) is 10.4 Å². The van der Waals surface area contributed by atoms with Gasteiger partial charge in [0.25, 0.3) is 5.91 Å². The number of hydrogen-bond donors (Lipinski definition) is 2. The Bertz CT molecular complexity index is 1060. The summed E-state index contributed by atoms with van der Waals surface area (Å²) in [6, 6.07) is 14.3. The van der Waals surface area contributed by atoms with Gasteiger partial charge in [-0.2, -0.15) is 0 Å². The number of carbonyl (C=O) groups is 2. The van der Waals surface area contributed by atoms with Crippen LogP contribution in [0.2, 0.25) is 0 Å². The molecule has 1 amide bonds. The maximum Gasteiger partial charge on any atom is 0.528 e. The van der Waals surface area contributed by atoms with Crippen LogP contribution in [-0.4, -0.2) is 53.1 Å². The molecule has 0 spiro atoms. The zero-order chi connectivity index (χ0) is 27.2. The van der Waals surface area contributed by atoms with Gasteiger partial charge in [-0.1, -0.05) is 51.1 Å². The summed E-state index contributed by atoms with van der Waals surface area (Å²) in [5.41, 5.74) is 1.15. The van der Waals surface area contributed by atoms with Crippen LogP contribution in [0.25, 0.3) is 0 Å². The molecule has 2 atom stereocenters. The van der Waals surface area contributed by atoms with E-state index < -0.39 is 17.8 Å². The highest BCUT2D eigenvalue weighted by molar-refractivity contribution is 5.95. The van der Waals surface area contributed by atoms with E-state index in [4.69, 9.17) is 14.3 Å². The van der Waals surface area contributed by atoms with Crippen LogP contribution >= 0.6 is 0 Å². The lowest BCUT2D eigenvalue weighted by molar-refractivity contribution is -0.145. The number of phenols is 1. The van der Waals surface area contributed by atoms with Crippen LogP contribution in [0, 0.1) is 0 Å². The van der Waals surface area contributed by atoms with Gasteiger partial charge in [0, 0.05) is 17.7 Å². The molecule has 3 rings (SSSR count). The number of amides is 1. The van der Waals surface area contributed by atoms with Crippen molar-refractivity contribution in [3.8, 4) is 5.75 Å². The lowest BCUT2D eigenvalue weighted by atomic mass is 9.85. The average Bonchev–Trinajstić information content (AvgIpc) is 2.97. The average molecular weight is 513 g/mol. The predicted molar refractivity (Wildman–Crippen MR) is 141 cm³/mol. The Labute approximate surface area is 219 Å². The minimum Gasteiger partial charge on any atom is -0.508 e. The number of benzene rings is 2. The van der Waals surface area contributed by atoms with Crippen molar-refractivity contribution in [3.05, 3.63) is 65.2 Å². The van der Waals surface area contributed by atoms with Gasteiger partial charge in [0.1, 0.15) is 11.4 Å². The molecule has 1 heterocycles. The van der Waals surface area contributed by atoms with Gasteiger partial charge in [0.2, 0.25) is 0 Å². The Morgan fingerprint density at radius 1 is 1.05 bits per heavy atom. The molecule has 2 N–H and O–H groups in total. The molecule has 8 nitrogen and oxygen atoms in total. The maximum atomic E-state index is 13.4. The molecule has 202 valence electrons. The van der Waals surface area contributed by atoms with E-state index in [9.17, 15) is 14.7 Å². The van der Waals surface area contributed by atoms with Crippen LogP contribution < -0.4 is 5.32 Å². The van der Waals surface area contributed by atoms with Crippen molar-refractivity contribution >= 4 is 12.1 Å². The Morgan fingerprint density at radius 2 is 1.76 bits per heavy atom. The predicted octanol–water partition coefficient (Wildman–Crippen LogP) is 5.34. The highest BCUT2D eigenvalue weighted by Gasteiger charge is 2.32. The van der Waals surface area contributed by atoms with Crippen molar-refractivity contribution in [2.75, 3.05) is 13.1 Å². The molecule has 1 aliphatic heterocycles. The van der Waals surface area contributed by atoms with E-state index in [1.54, 1.807) is 39.0 Å². The van der Waals surface area contributed by atoms with Crippen molar-refractivity contribution in [2.45, 2.75) is 84.2 Å². The summed E-state index contributed by atoms with van der Waals surface area (Å²) in [6.07, 6.45) is 0.307. The minimum atomic E-state index is -0.783. The molecule has 8 heteroatoms. The lowest BCUT2D eigenvalue weighted by Crippen LogP contribution is -2.50. The van der Waals surface area contributed by atoms with E-state index in [1.165, 1.54) is 5.06 Å². The Morgan fingerprint density at radius 3 is 2.41 bits per heavy atom. The van der Waals surface area contributed by atoms with Crippen molar-refractivity contribution < 1.29 is 29.0 Å². The van der Waals surface area contributed by atoms with E-state index >= 15 is 0 Å². The Hall–Kier alpha value is -3.10. The molecule has 0 saturated carbocycles. The molecule has 0 aromatic heterocycles. The maximum absolute atomic E-state index is 13.4. The highest BCUT2D eigenvalue weighted by Crippen LogP contribution is 2.31. The fourth-order valence-electron chi connectivity index (χ4n) is 4.20. The summed E-state index contributed by atoms with van der Waals surface area (Å²) < 4.78 is 11.6. The molecule has 2 aromatic rings. The monoisotopic (exact) mass is 512 g/mol. The Kier molecular flexibility index (Phi) is 9.21. The number of rotatable bonds is 6. The quantitative estimate of drug-likeness (QED) is 0.505. The number of aromatic hydroxyl groups is 1. The van der Waals surface area contributed by atoms with Crippen LogP contribution in [-0.2, 0) is 26.3 Å². The van der Waals surface area contributed by atoms with Crippen molar-refractivity contribution in [2.24, 2.45) is 0 Å². The SMILES string of the molecule is CC(C)(C)OC(=O)ON1CCC[C@@H](OCc2ccccc2)[C@H](NC(=O)c2ccc(O)c(C(C)(C)C)c2)C1. The molecular weight excluding hydrogens is 472 g/mol. The van der Waals surface area contributed by atoms with Gasteiger partial charge in [-0.15, -0.1) is 5.06 Å². The van der Waals surface area contributed by atoms with Gasteiger partial charge in [-0.3, -0.25) is 4.79 Å². The van der Waals surface area contributed by atoms with E-state index in [-0.39, 0.29) is 29.7 Å². The summed E-state index contributed by atoms with van der Waals surface area (Å²) in [7, 11) is 0. The van der Waals surface area contributed by atoms with Gasteiger partial charge in [0.05, 0.1) is 25.3 Å². The largest absolute Gasteiger partial charge is 0.528 e. The van der Waals surface area contributed by atoms with Crippen LogP contribution in [0.15, 0.2) is 48.5 Å². The molecule has 1 fully saturated rings. The van der Waals surface area contributed by atoms with Crippen molar-refractivity contribution in [1.29, 1.82) is 0 Å². The molecule has 0 radical (unpaired) electrons. The second kappa shape index (κ2) is 12.0. The smallest absolute Gasteiger partial charge is 0.508 e. The lowest BCUT2D eigenvalue weighted by Gasteiger charge is -2.29. The first-order chi connectivity index (χ1) is 17.3. The second-order valence-corrected chi connectivity index (χ2v) is 11.5. The number of hydroxylamine groups is 2. The van der Waals surface area contributed by atoms with E-state index in [0.717, 1.165) is 5.56 Å². The molecule has 0 aliphatic carbocycles. The summed E-state index contributed by atoms with van der Waals surface area (Å²) >= 11 is 0. The van der Waals surface area contributed by atoms with Crippen LogP contribution in [0.3, 0.4) is 0 Å². The number of nitrogens with one attached hydrogen (secondary N) is 1. The minimum absolute atomic E-state index is 0.152. The standard InChI is InChI=1S/C29H40N2O6/c1-28(2,3)22-17-21(14-15-24(22)32)26(33)30-23-18-31(37-27(34)36-29(4,5)6)16-10-13-25(23)35-19-20-11-8-7-9-12-20/h7-9,11-12,14-15,17,23,25,32H,10,13,16,18-19H2,1-6H3,(H,30,33)/t23-,25-/m1/s1. The third-order valence-electron chi connectivity index (χ3n) is 6.03. The summed E-state index contributed by atoms with van der Waals surface area (Å²) in [6.45, 7) is 12.4. The second-order valence-electron chi connectivity index (χ2n) is 11.5.